The molecule has 0 aliphatic carbocycles. The molecule has 0 saturated carbocycles. The van der Waals surface area contributed by atoms with Gasteiger partial charge in [-0.15, -0.1) is 0 Å². The van der Waals surface area contributed by atoms with Gasteiger partial charge in [-0.25, -0.2) is 0 Å². The third-order valence-electron chi connectivity index (χ3n) is 0. The minimum atomic E-state index is 0. The molecule has 0 aliphatic rings. The van der Waals surface area contributed by atoms with Gasteiger partial charge in [-0.05, 0) is 6.04 Å². The Balaban J connectivity index is 0. The maximum atomic E-state index is 5.11. The molecular formula is C3H9NNa. The monoisotopic (exact) mass is 82.1 g/mol. The first-order chi connectivity index (χ1) is 1.73. The van der Waals surface area contributed by atoms with E-state index in [-0.39, 0.29) is 29.6 Å². The van der Waals surface area contributed by atoms with Gasteiger partial charge in [-0.2, -0.15) is 0 Å². The van der Waals surface area contributed by atoms with Crippen LogP contribution in [0.4, 0.5) is 0 Å². The average molecular weight is 82.1 g/mol. The molecule has 2 N–H and O–H groups in total. The molecule has 2 heteroatoms. The SMILES string of the molecule is CC(C)N.[Na]. The van der Waals surface area contributed by atoms with Gasteiger partial charge in [0.1, 0.15) is 0 Å². The minimum Gasteiger partial charge on any atom is -0.328 e. The maximum Gasteiger partial charge on any atom is 0 e. The molecule has 0 heterocycles. The van der Waals surface area contributed by atoms with Crippen molar-refractivity contribution in [2.45, 2.75) is 19.9 Å². The number of hydrogen-bond donors (Lipinski definition) is 1. The van der Waals surface area contributed by atoms with E-state index < -0.39 is 0 Å². The Kier molecular flexibility index (Phi) is 9.28. The van der Waals surface area contributed by atoms with E-state index in [0.29, 0.717) is 6.04 Å². The molecule has 0 rings (SSSR count). The van der Waals surface area contributed by atoms with Crippen LogP contribution in [0.15, 0.2) is 0 Å². The third kappa shape index (κ3) is 47.2. The largest absolute Gasteiger partial charge is 0.328 e. The van der Waals surface area contributed by atoms with E-state index in [9.17, 15) is 0 Å². The van der Waals surface area contributed by atoms with Gasteiger partial charge in [0.05, 0.1) is 0 Å². The Morgan fingerprint density at radius 2 is 1.40 bits per heavy atom. The van der Waals surface area contributed by atoms with Gasteiger partial charge >= 0.3 is 0 Å². The van der Waals surface area contributed by atoms with Crippen LogP contribution < -0.4 is 5.73 Å². The molecule has 1 nitrogen and oxygen atoms in total. The van der Waals surface area contributed by atoms with Crippen LogP contribution in [0.25, 0.3) is 0 Å². The molecule has 27 valence electrons. The first kappa shape index (κ1) is 9.35. The van der Waals surface area contributed by atoms with Crippen molar-refractivity contribution >= 4 is 29.6 Å². The molecule has 0 fully saturated rings. The maximum absolute atomic E-state index is 5.11. The molecule has 5 heavy (non-hydrogen) atoms. The molecule has 0 aromatic rings. The van der Waals surface area contributed by atoms with Crippen molar-refractivity contribution in [2.75, 3.05) is 0 Å². The van der Waals surface area contributed by atoms with Crippen LogP contribution in [0.1, 0.15) is 13.8 Å². The number of nitrogens with two attached hydrogens (primary N) is 1. The zero-order valence-electron chi connectivity index (χ0n) is 4.15. The summed E-state index contributed by atoms with van der Waals surface area (Å²) in [6, 6.07) is 0.333. The topological polar surface area (TPSA) is 26.0 Å². The number of hydrogen-bond acceptors (Lipinski definition) is 1. The van der Waals surface area contributed by atoms with Crippen LogP contribution in [0.2, 0.25) is 0 Å². The summed E-state index contributed by atoms with van der Waals surface area (Å²) in [5, 5.41) is 0. The summed E-state index contributed by atoms with van der Waals surface area (Å²) >= 11 is 0. The van der Waals surface area contributed by atoms with Crippen LogP contribution in [0.3, 0.4) is 0 Å². The van der Waals surface area contributed by atoms with Gasteiger partial charge in [0.15, 0.2) is 0 Å². The summed E-state index contributed by atoms with van der Waals surface area (Å²) in [4.78, 5) is 0. The van der Waals surface area contributed by atoms with E-state index in [1.165, 1.54) is 0 Å². The molecule has 0 aromatic carbocycles. The van der Waals surface area contributed by atoms with E-state index in [4.69, 9.17) is 5.73 Å². The van der Waals surface area contributed by atoms with Gasteiger partial charge in [-0.3, -0.25) is 0 Å². The molecule has 0 amide bonds. The van der Waals surface area contributed by atoms with E-state index in [2.05, 4.69) is 0 Å². The summed E-state index contributed by atoms with van der Waals surface area (Å²) in [6.07, 6.45) is 0. The van der Waals surface area contributed by atoms with Crippen molar-refractivity contribution in [3.05, 3.63) is 0 Å². The van der Waals surface area contributed by atoms with Crippen molar-refractivity contribution in [2.24, 2.45) is 5.73 Å². The summed E-state index contributed by atoms with van der Waals surface area (Å²) < 4.78 is 0. The van der Waals surface area contributed by atoms with E-state index >= 15 is 0 Å². The fourth-order valence-corrected chi connectivity index (χ4v) is 0. The normalized spacial score (nSPS) is 7.20. The Morgan fingerprint density at radius 1 is 1.40 bits per heavy atom. The van der Waals surface area contributed by atoms with Crippen LogP contribution in [-0.4, -0.2) is 35.6 Å². The van der Waals surface area contributed by atoms with Crippen LogP contribution in [0, 0.1) is 0 Å². The quantitative estimate of drug-likeness (QED) is 0.408. The second kappa shape index (κ2) is 4.96. The minimum absolute atomic E-state index is 0. The molecule has 0 spiro atoms. The molecule has 0 atom stereocenters. The molecular weight excluding hydrogens is 73.0 g/mol. The molecule has 0 bridgehead atoms. The predicted molar refractivity (Wildman–Crippen MR) is 25.1 cm³/mol. The van der Waals surface area contributed by atoms with Gasteiger partial charge in [0.25, 0.3) is 0 Å². The first-order valence-corrected chi connectivity index (χ1v) is 1.49. The predicted octanol–water partition coefficient (Wildman–Crippen LogP) is -0.0273. The molecule has 0 unspecified atom stereocenters. The Bertz CT molecular complexity index is 11.6. The van der Waals surface area contributed by atoms with Crippen molar-refractivity contribution in [1.29, 1.82) is 0 Å². The van der Waals surface area contributed by atoms with Gasteiger partial charge in [-0.1, -0.05) is 13.8 Å². The first-order valence-electron chi connectivity index (χ1n) is 1.49. The summed E-state index contributed by atoms with van der Waals surface area (Å²) in [5.74, 6) is 0. The van der Waals surface area contributed by atoms with Crippen LogP contribution in [-0.2, 0) is 0 Å². The molecule has 0 aliphatic heterocycles. The van der Waals surface area contributed by atoms with Gasteiger partial charge in [0.2, 0.25) is 0 Å². The fourth-order valence-electron chi connectivity index (χ4n) is 0. The Morgan fingerprint density at radius 3 is 1.40 bits per heavy atom. The third-order valence-corrected chi connectivity index (χ3v) is 0. The van der Waals surface area contributed by atoms with Crippen molar-refractivity contribution in [3.63, 3.8) is 0 Å². The Labute approximate surface area is 55.2 Å². The summed E-state index contributed by atoms with van der Waals surface area (Å²) in [6.45, 7) is 3.89. The summed E-state index contributed by atoms with van der Waals surface area (Å²) in [7, 11) is 0. The second-order valence-electron chi connectivity index (χ2n) is 1.24. The zero-order valence-corrected chi connectivity index (χ0v) is 6.15. The Hall–Kier alpha value is 0.960. The second-order valence-corrected chi connectivity index (χ2v) is 1.24. The number of rotatable bonds is 0. The van der Waals surface area contributed by atoms with E-state index in [1.54, 1.807) is 0 Å². The molecule has 0 aromatic heterocycles. The van der Waals surface area contributed by atoms with Crippen LogP contribution >= 0.6 is 0 Å². The standard InChI is InChI=1S/C3H9N.Na/c1-3(2)4;/h3H,4H2,1-2H3;. The zero-order chi connectivity index (χ0) is 3.58. The molecule has 1 radical (unpaired) electrons. The molecule has 0 saturated heterocycles. The van der Waals surface area contributed by atoms with Crippen molar-refractivity contribution in [3.8, 4) is 0 Å². The van der Waals surface area contributed by atoms with Crippen LogP contribution in [0.5, 0.6) is 0 Å². The van der Waals surface area contributed by atoms with Gasteiger partial charge < -0.3 is 5.73 Å². The van der Waals surface area contributed by atoms with Crippen molar-refractivity contribution < 1.29 is 0 Å². The van der Waals surface area contributed by atoms with Crippen molar-refractivity contribution in [1.82, 2.24) is 0 Å². The smallest absolute Gasteiger partial charge is 0 e. The average Bonchev–Trinajstić information content (AvgIpc) is 0.811. The fraction of sp³-hybridized carbons (Fsp3) is 1.00. The van der Waals surface area contributed by atoms with E-state index in [1.807, 2.05) is 13.8 Å². The van der Waals surface area contributed by atoms with E-state index in [0.717, 1.165) is 0 Å². The summed E-state index contributed by atoms with van der Waals surface area (Å²) in [5.41, 5.74) is 5.11. The van der Waals surface area contributed by atoms with Gasteiger partial charge in [0, 0.05) is 29.6 Å².